The van der Waals surface area contributed by atoms with Crippen molar-refractivity contribution in [3.63, 3.8) is 0 Å². The summed E-state index contributed by atoms with van der Waals surface area (Å²) in [5.74, 6) is -0.693. The first-order chi connectivity index (χ1) is 10.0. The van der Waals surface area contributed by atoms with Crippen LogP contribution in [0.5, 0.6) is 0 Å². The van der Waals surface area contributed by atoms with Gasteiger partial charge in [-0.2, -0.15) is 8.42 Å². The highest BCUT2D eigenvalue weighted by Gasteiger charge is 2.28. The predicted octanol–water partition coefficient (Wildman–Crippen LogP) is 4.25. The van der Waals surface area contributed by atoms with Gasteiger partial charge in [-0.05, 0) is 10.8 Å². The lowest BCUT2D eigenvalue weighted by Crippen LogP contribution is -2.18. The highest BCUT2D eigenvalue weighted by molar-refractivity contribution is 7.81. The maximum absolute atomic E-state index is 11.0. The summed E-state index contributed by atoms with van der Waals surface area (Å²) in [4.78, 5) is 4.17. The fraction of sp³-hybridized carbons (Fsp3) is 0.857. The quantitative estimate of drug-likeness (QED) is 0.452. The molecule has 0 radical (unpaired) electrons. The highest BCUT2D eigenvalue weighted by Crippen LogP contribution is 2.23. The Labute approximate surface area is 127 Å². The van der Waals surface area contributed by atoms with E-state index in [2.05, 4.69) is 20.3 Å². The molecule has 1 heterocycles. The van der Waals surface area contributed by atoms with Gasteiger partial charge in [-0.1, -0.05) is 64.7 Å². The van der Waals surface area contributed by atoms with Crippen LogP contribution in [0, 0.1) is 0 Å². The number of allylic oxidation sites excluding steroid dienone is 1. The van der Waals surface area contributed by atoms with E-state index in [1.54, 1.807) is 0 Å². The number of unbranched alkanes of at least 4 members (excludes halogenated alkanes) is 9. The van der Waals surface area contributed by atoms with Crippen molar-refractivity contribution in [1.29, 1.82) is 0 Å². The largest absolute Gasteiger partial charge is 0.485 e. The van der Waals surface area contributed by atoms with Crippen LogP contribution in [0.2, 0.25) is 0 Å². The first-order valence-electron chi connectivity index (χ1n) is 7.78. The third-order valence-corrected chi connectivity index (χ3v) is 4.03. The smallest absolute Gasteiger partial charge is 0.476 e. The van der Waals surface area contributed by atoms with E-state index >= 15 is 0 Å². The van der Waals surface area contributed by atoms with Crippen molar-refractivity contribution < 1.29 is 26.9 Å². The van der Waals surface area contributed by atoms with Crippen molar-refractivity contribution in [3.8, 4) is 0 Å². The van der Waals surface area contributed by atoms with Crippen LogP contribution in [0.1, 0.15) is 77.6 Å². The monoisotopic (exact) mass is 322 g/mol. The van der Waals surface area contributed by atoms with Gasteiger partial charge in [0.15, 0.2) is 0 Å². The fourth-order valence-corrected chi connectivity index (χ4v) is 2.79. The number of rotatable bonds is 11. The molecule has 0 spiro atoms. The first kappa shape index (κ1) is 18.1. The third-order valence-electron chi connectivity index (χ3n) is 3.39. The van der Waals surface area contributed by atoms with Gasteiger partial charge in [0.2, 0.25) is 5.76 Å². The van der Waals surface area contributed by atoms with Gasteiger partial charge >= 0.3 is 16.3 Å². The molecule has 1 N–H and O–H groups in total. The maximum Gasteiger partial charge on any atom is 0.485 e. The Morgan fingerprint density at radius 2 is 1.43 bits per heavy atom. The molecule has 0 atom stereocenters. The van der Waals surface area contributed by atoms with Crippen LogP contribution < -0.4 is 0 Å². The van der Waals surface area contributed by atoms with Crippen molar-refractivity contribution in [1.82, 2.24) is 0 Å². The summed E-state index contributed by atoms with van der Waals surface area (Å²) >= 11 is 0. The minimum Gasteiger partial charge on any atom is -0.476 e. The van der Waals surface area contributed by atoms with Crippen molar-refractivity contribution >= 4 is 10.4 Å². The molecule has 0 saturated carbocycles. The summed E-state index contributed by atoms with van der Waals surface area (Å²) in [6, 6.07) is 0. The van der Waals surface area contributed by atoms with Crippen LogP contribution in [0.25, 0.3) is 0 Å². The molecule has 6 nitrogen and oxygen atoms in total. The van der Waals surface area contributed by atoms with Crippen LogP contribution in [0.4, 0.5) is 0 Å². The summed E-state index contributed by atoms with van der Waals surface area (Å²) in [5, 5.41) is 9.29. The van der Waals surface area contributed by atoms with Gasteiger partial charge in [0.1, 0.15) is 0 Å². The summed E-state index contributed by atoms with van der Waals surface area (Å²) in [6.07, 6.45) is 12.1. The van der Waals surface area contributed by atoms with E-state index in [4.69, 9.17) is 0 Å². The standard InChI is InChI=1S/C14H26O6S/c1-2-3-4-5-6-7-8-9-10-11-12-13-14(15)18-20-21(16,17)19-13/h15H,2-12H2,1H3. The van der Waals surface area contributed by atoms with E-state index < -0.39 is 16.3 Å². The molecule has 0 fully saturated rings. The summed E-state index contributed by atoms with van der Waals surface area (Å²) in [5.41, 5.74) is 0. The molecule has 0 aromatic rings. The van der Waals surface area contributed by atoms with Gasteiger partial charge in [0.25, 0.3) is 0 Å². The lowest BCUT2D eigenvalue weighted by molar-refractivity contribution is -0.219. The van der Waals surface area contributed by atoms with E-state index in [9.17, 15) is 13.5 Å². The molecule has 0 aliphatic carbocycles. The molecular weight excluding hydrogens is 296 g/mol. The molecule has 7 heteroatoms. The van der Waals surface area contributed by atoms with Crippen molar-refractivity contribution in [2.75, 3.05) is 0 Å². The Morgan fingerprint density at radius 1 is 0.905 bits per heavy atom. The number of hydrogen-bond donors (Lipinski definition) is 1. The van der Waals surface area contributed by atoms with Crippen molar-refractivity contribution in [2.45, 2.75) is 77.6 Å². The van der Waals surface area contributed by atoms with Gasteiger partial charge in [0.05, 0.1) is 0 Å². The summed E-state index contributed by atoms with van der Waals surface area (Å²) in [7, 11) is -4.17. The Morgan fingerprint density at radius 3 is 2.00 bits per heavy atom. The molecule has 124 valence electrons. The molecule has 0 amide bonds. The summed E-state index contributed by atoms with van der Waals surface area (Å²) < 4.78 is 30.3. The highest BCUT2D eigenvalue weighted by atomic mass is 32.3. The SMILES string of the molecule is CCCCCCCCCCCCC1=C(O)OOS(=O)(=O)O1. The number of aliphatic hydroxyl groups excluding tert-OH is 1. The molecule has 0 unspecified atom stereocenters. The maximum atomic E-state index is 11.0. The van der Waals surface area contributed by atoms with Gasteiger partial charge < -0.3 is 9.29 Å². The zero-order chi connectivity index (χ0) is 15.6. The van der Waals surface area contributed by atoms with E-state index in [-0.39, 0.29) is 5.76 Å². The predicted molar refractivity (Wildman–Crippen MR) is 78.3 cm³/mol. The van der Waals surface area contributed by atoms with Gasteiger partial charge in [-0.3, -0.25) is 4.89 Å². The molecule has 1 rings (SSSR count). The fourth-order valence-electron chi connectivity index (χ4n) is 2.21. The van der Waals surface area contributed by atoms with E-state index in [1.807, 2.05) is 0 Å². The molecule has 0 saturated heterocycles. The Hall–Kier alpha value is -0.950. The second kappa shape index (κ2) is 9.89. The molecule has 1 aliphatic rings. The third kappa shape index (κ3) is 8.16. The lowest BCUT2D eigenvalue weighted by atomic mass is 10.1. The number of aliphatic hydroxyl groups is 1. The van der Waals surface area contributed by atoms with Crippen molar-refractivity contribution in [2.24, 2.45) is 0 Å². The molecule has 0 aromatic carbocycles. The van der Waals surface area contributed by atoms with Crippen LogP contribution in [0.15, 0.2) is 11.7 Å². The second-order valence-electron chi connectivity index (χ2n) is 5.30. The lowest BCUT2D eigenvalue weighted by Gasteiger charge is -2.15. The van der Waals surface area contributed by atoms with Crippen LogP contribution >= 0.6 is 0 Å². The minimum absolute atomic E-state index is 0.0826. The Bertz CT molecular complexity index is 415. The van der Waals surface area contributed by atoms with Crippen LogP contribution in [-0.2, 0) is 23.8 Å². The van der Waals surface area contributed by atoms with Crippen LogP contribution in [-0.4, -0.2) is 13.5 Å². The van der Waals surface area contributed by atoms with E-state index in [0.717, 1.165) is 19.3 Å². The van der Waals surface area contributed by atoms with Gasteiger partial charge in [-0.25, -0.2) is 0 Å². The summed E-state index contributed by atoms with van der Waals surface area (Å²) in [6.45, 7) is 2.21. The molecule has 0 aromatic heterocycles. The average Bonchev–Trinajstić information content (AvgIpc) is 2.44. The second-order valence-corrected chi connectivity index (χ2v) is 6.42. The average molecular weight is 322 g/mol. The molecular formula is C14H26O6S. The van der Waals surface area contributed by atoms with Crippen LogP contribution in [0.3, 0.4) is 0 Å². The normalized spacial score (nSPS) is 17.4. The molecule has 0 bridgehead atoms. The van der Waals surface area contributed by atoms with Gasteiger partial charge in [0, 0.05) is 6.42 Å². The van der Waals surface area contributed by atoms with Gasteiger partial charge in [-0.15, -0.1) is 0 Å². The topological polar surface area (TPSA) is 82.1 Å². The Kier molecular flexibility index (Phi) is 8.52. The minimum atomic E-state index is -4.17. The zero-order valence-corrected chi connectivity index (χ0v) is 13.5. The Balaban J connectivity index is 2.01. The zero-order valence-electron chi connectivity index (χ0n) is 12.7. The number of hydrogen-bond acceptors (Lipinski definition) is 6. The molecule has 1 aliphatic heterocycles. The van der Waals surface area contributed by atoms with E-state index in [0.29, 0.717) is 6.42 Å². The molecule has 21 heavy (non-hydrogen) atoms. The van der Waals surface area contributed by atoms with Crippen molar-refractivity contribution in [3.05, 3.63) is 11.7 Å². The van der Waals surface area contributed by atoms with E-state index in [1.165, 1.54) is 44.9 Å². The first-order valence-corrected chi connectivity index (χ1v) is 9.11.